The van der Waals surface area contributed by atoms with Crippen molar-refractivity contribution in [1.82, 2.24) is 0 Å². The summed E-state index contributed by atoms with van der Waals surface area (Å²) in [4.78, 5) is 14.9. The van der Waals surface area contributed by atoms with Gasteiger partial charge in [0.05, 0.1) is 21.7 Å². The fourth-order valence-electron chi connectivity index (χ4n) is 2.42. The molecular formula is C20H18ClNO2S2. The second-order valence-corrected chi connectivity index (χ2v) is 7.96. The van der Waals surface area contributed by atoms with Gasteiger partial charge in [-0.1, -0.05) is 66.8 Å². The van der Waals surface area contributed by atoms with E-state index < -0.39 is 0 Å². The molecule has 1 heterocycles. The zero-order valence-electron chi connectivity index (χ0n) is 14.4. The minimum Gasteiger partial charge on any atom is -0.489 e. The maximum atomic E-state index is 12.7. The molecule has 2 aromatic rings. The Balaban J connectivity index is 1.83. The number of nitrogens with zero attached hydrogens (tertiary/aromatic N) is 1. The number of carbonyl (C=O) groups excluding carboxylic acids is 1. The third kappa shape index (κ3) is 4.11. The lowest BCUT2D eigenvalue weighted by Crippen LogP contribution is -2.27. The third-order valence-electron chi connectivity index (χ3n) is 3.96. The number of rotatable bonds is 5. The summed E-state index contributed by atoms with van der Waals surface area (Å²) in [6.45, 7) is 4.06. The van der Waals surface area contributed by atoms with E-state index in [1.54, 1.807) is 17.0 Å². The van der Waals surface area contributed by atoms with Gasteiger partial charge >= 0.3 is 0 Å². The molecule has 0 N–H and O–H groups in total. The molecule has 0 aromatic heterocycles. The van der Waals surface area contributed by atoms with Crippen molar-refractivity contribution in [1.29, 1.82) is 0 Å². The average molecular weight is 404 g/mol. The van der Waals surface area contributed by atoms with E-state index in [1.807, 2.05) is 49.4 Å². The number of hydrogen-bond donors (Lipinski definition) is 0. The molecule has 0 saturated carbocycles. The Labute approximate surface area is 168 Å². The minimum absolute atomic E-state index is 0.0977. The highest BCUT2D eigenvalue weighted by Crippen LogP contribution is 2.36. The molecule has 0 radical (unpaired) electrons. The molecule has 6 heteroatoms. The van der Waals surface area contributed by atoms with E-state index in [2.05, 4.69) is 6.92 Å². The van der Waals surface area contributed by atoms with Gasteiger partial charge in [0.25, 0.3) is 5.91 Å². The van der Waals surface area contributed by atoms with Crippen LogP contribution in [0.5, 0.6) is 5.75 Å². The van der Waals surface area contributed by atoms with Crippen molar-refractivity contribution in [2.75, 3.05) is 4.90 Å². The highest BCUT2D eigenvalue weighted by molar-refractivity contribution is 8.27. The minimum atomic E-state index is -0.123. The van der Waals surface area contributed by atoms with Crippen LogP contribution in [0.2, 0.25) is 5.02 Å². The Morgan fingerprint density at radius 3 is 2.65 bits per heavy atom. The number of ether oxygens (including phenoxy) is 1. The predicted molar refractivity (Wildman–Crippen MR) is 114 cm³/mol. The molecule has 0 spiro atoms. The van der Waals surface area contributed by atoms with Crippen LogP contribution in [0.4, 0.5) is 5.69 Å². The number of thioether (sulfide) groups is 1. The van der Waals surface area contributed by atoms with E-state index in [0.717, 1.165) is 17.7 Å². The summed E-state index contributed by atoms with van der Waals surface area (Å²) in [5.74, 6) is 0.525. The van der Waals surface area contributed by atoms with E-state index in [9.17, 15) is 4.79 Å². The third-order valence-corrected chi connectivity index (χ3v) is 5.56. The van der Waals surface area contributed by atoms with Gasteiger partial charge in [-0.15, -0.1) is 0 Å². The molecule has 1 aliphatic heterocycles. The maximum Gasteiger partial charge on any atom is 0.270 e. The molecule has 1 amide bonds. The standard InChI is InChI=1S/C20H18ClNO2S2/c1-3-13(2)24-17-10-9-14(11-16(17)21)12-18-19(23)22(20(25)26-18)15-7-5-4-6-8-15/h4-13H,3H2,1-2H3/b18-12+/t13-/m1/s1. The van der Waals surface area contributed by atoms with Crippen molar-refractivity contribution in [2.24, 2.45) is 0 Å². The lowest BCUT2D eigenvalue weighted by molar-refractivity contribution is -0.113. The number of halogens is 1. The average Bonchev–Trinajstić information content (AvgIpc) is 2.91. The maximum absolute atomic E-state index is 12.7. The van der Waals surface area contributed by atoms with Crippen molar-refractivity contribution in [3.05, 3.63) is 64.0 Å². The molecule has 0 aliphatic carbocycles. The van der Waals surface area contributed by atoms with Gasteiger partial charge in [-0.2, -0.15) is 0 Å². The monoisotopic (exact) mass is 403 g/mol. The van der Waals surface area contributed by atoms with Crippen LogP contribution in [-0.4, -0.2) is 16.3 Å². The first-order valence-corrected chi connectivity index (χ1v) is 9.89. The number of carbonyl (C=O) groups is 1. The van der Waals surface area contributed by atoms with Crippen molar-refractivity contribution >= 4 is 57.6 Å². The zero-order valence-corrected chi connectivity index (χ0v) is 16.8. The van der Waals surface area contributed by atoms with Crippen molar-refractivity contribution < 1.29 is 9.53 Å². The number of anilines is 1. The molecule has 0 bridgehead atoms. The summed E-state index contributed by atoms with van der Waals surface area (Å²) in [6, 6.07) is 14.9. The van der Waals surface area contributed by atoms with Crippen LogP contribution in [0.3, 0.4) is 0 Å². The Hall–Kier alpha value is -1.82. The SMILES string of the molecule is CC[C@@H](C)Oc1ccc(/C=C2/SC(=S)N(c3ccccc3)C2=O)cc1Cl. The van der Waals surface area contributed by atoms with Crippen molar-refractivity contribution in [3.8, 4) is 5.75 Å². The van der Waals surface area contributed by atoms with Crippen molar-refractivity contribution in [2.45, 2.75) is 26.4 Å². The van der Waals surface area contributed by atoms with Gasteiger partial charge in [-0.3, -0.25) is 9.69 Å². The Morgan fingerprint density at radius 1 is 1.27 bits per heavy atom. The number of para-hydroxylation sites is 1. The summed E-state index contributed by atoms with van der Waals surface area (Å²) in [5, 5.41) is 0.526. The molecule has 1 fully saturated rings. The first-order chi connectivity index (χ1) is 12.5. The first-order valence-electron chi connectivity index (χ1n) is 8.28. The van der Waals surface area contributed by atoms with Crippen LogP contribution >= 0.6 is 35.6 Å². The summed E-state index contributed by atoms with van der Waals surface area (Å²) in [7, 11) is 0. The van der Waals surface area contributed by atoms with Gasteiger partial charge in [-0.25, -0.2) is 0 Å². The van der Waals surface area contributed by atoms with Crippen LogP contribution in [0, 0.1) is 0 Å². The lowest BCUT2D eigenvalue weighted by Gasteiger charge is -2.14. The molecule has 1 atom stereocenters. The van der Waals surface area contributed by atoms with E-state index in [-0.39, 0.29) is 12.0 Å². The van der Waals surface area contributed by atoms with Crippen molar-refractivity contribution in [3.63, 3.8) is 0 Å². The van der Waals surface area contributed by atoms with E-state index >= 15 is 0 Å². The highest BCUT2D eigenvalue weighted by atomic mass is 35.5. The summed E-state index contributed by atoms with van der Waals surface area (Å²) >= 11 is 13.0. The molecule has 1 aliphatic rings. The van der Waals surface area contributed by atoms with Gasteiger partial charge in [-0.05, 0) is 49.2 Å². The Morgan fingerprint density at radius 2 is 2.00 bits per heavy atom. The van der Waals surface area contributed by atoms with E-state index in [1.165, 1.54) is 11.8 Å². The highest BCUT2D eigenvalue weighted by Gasteiger charge is 2.33. The van der Waals surface area contributed by atoms with Gasteiger partial charge in [0.2, 0.25) is 0 Å². The zero-order chi connectivity index (χ0) is 18.7. The number of thiocarbonyl (C=S) groups is 1. The first kappa shape index (κ1) is 19.0. The van der Waals surface area contributed by atoms with Crippen LogP contribution in [-0.2, 0) is 4.79 Å². The fraction of sp³-hybridized carbons (Fsp3) is 0.200. The smallest absolute Gasteiger partial charge is 0.270 e. The van der Waals surface area contributed by atoms with Gasteiger partial charge in [0.1, 0.15) is 5.75 Å². The van der Waals surface area contributed by atoms with E-state index in [0.29, 0.717) is 20.0 Å². The lowest BCUT2D eigenvalue weighted by atomic mass is 10.2. The number of hydrogen-bond acceptors (Lipinski definition) is 4. The Bertz CT molecular complexity index is 867. The van der Waals surface area contributed by atoms with Crippen LogP contribution in [0.25, 0.3) is 6.08 Å². The quantitative estimate of drug-likeness (QED) is 0.457. The topological polar surface area (TPSA) is 29.5 Å². The van der Waals surface area contributed by atoms with Crippen LogP contribution in [0.1, 0.15) is 25.8 Å². The molecule has 1 saturated heterocycles. The summed E-state index contributed by atoms with van der Waals surface area (Å²) < 4.78 is 6.30. The van der Waals surface area contributed by atoms with Crippen LogP contribution in [0.15, 0.2) is 53.4 Å². The molecule has 2 aromatic carbocycles. The summed E-state index contributed by atoms with van der Waals surface area (Å²) in [5.41, 5.74) is 1.61. The molecule has 3 nitrogen and oxygen atoms in total. The molecule has 0 unspecified atom stereocenters. The second-order valence-electron chi connectivity index (χ2n) is 5.88. The molecule has 134 valence electrons. The van der Waals surface area contributed by atoms with Crippen LogP contribution < -0.4 is 9.64 Å². The number of benzene rings is 2. The second kappa shape index (κ2) is 8.25. The fourth-order valence-corrected chi connectivity index (χ4v) is 3.95. The largest absolute Gasteiger partial charge is 0.489 e. The summed E-state index contributed by atoms with van der Waals surface area (Å²) in [6.07, 6.45) is 2.81. The van der Waals surface area contributed by atoms with E-state index in [4.69, 9.17) is 28.6 Å². The molecule has 3 rings (SSSR count). The normalized spacial score (nSPS) is 17.0. The predicted octanol–water partition coefficient (Wildman–Crippen LogP) is 5.92. The molecular weight excluding hydrogens is 386 g/mol. The van der Waals surface area contributed by atoms with Gasteiger partial charge in [0, 0.05) is 0 Å². The Kier molecular flexibility index (Phi) is 6.01. The van der Waals surface area contributed by atoms with Gasteiger partial charge in [0.15, 0.2) is 4.32 Å². The van der Waals surface area contributed by atoms with Gasteiger partial charge < -0.3 is 4.74 Å². The number of amides is 1. The molecule has 26 heavy (non-hydrogen) atoms.